The van der Waals surface area contributed by atoms with Crippen LogP contribution in [0.1, 0.15) is 12.5 Å². The summed E-state index contributed by atoms with van der Waals surface area (Å²) in [7, 11) is 0. The van der Waals surface area contributed by atoms with Crippen molar-refractivity contribution in [2.24, 2.45) is 0 Å². The molecule has 0 aliphatic carbocycles. The Morgan fingerprint density at radius 1 is 1.03 bits per heavy atom. The third-order valence-electron chi connectivity index (χ3n) is 5.68. The summed E-state index contributed by atoms with van der Waals surface area (Å²) in [4.78, 5) is 6.06. The minimum absolute atomic E-state index is 0.0133. The number of anilines is 1. The summed E-state index contributed by atoms with van der Waals surface area (Å²) in [5.41, 5.74) is -0.677. The van der Waals surface area contributed by atoms with Crippen LogP contribution < -0.4 is 4.90 Å². The number of aromatic nitrogens is 3. The Hall–Kier alpha value is -2.56. The third kappa shape index (κ3) is 4.92. The van der Waals surface area contributed by atoms with Crippen LogP contribution in [-0.2, 0) is 12.1 Å². The molecule has 32 heavy (non-hydrogen) atoms. The Bertz CT molecular complexity index is 1030. The van der Waals surface area contributed by atoms with Gasteiger partial charge in [-0.2, -0.15) is 5.10 Å². The quantitative estimate of drug-likeness (QED) is 0.542. The Labute approximate surface area is 188 Å². The van der Waals surface area contributed by atoms with E-state index in [1.807, 2.05) is 6.92 Å². The highest BCUT2D eigenvalue weighted by Crippen LogP contribution is 2.38. The second-order valence-corrected chi connectivity index (χ2v) is 9.22. The van der Waals surface area contributed by atoms with Crippen molar-refractivity contribution in [3.63, 3.8) is 0 Å². The average molecular weight is 464 g/mol. The fourth-order valence-corrected chi connectivity index (χ4v) is 5.05. The number of aliphatic hydroxyl groups is 1. The summed E-state index contributed by atoms with van der Waals surface area (Å²) in [6.45, 7) is 4.67. The topological polar surface area (TPSA) is 57.4 Å². The first kappa shape index (κ1) is 22.6. The minimum Gasteiger partial charge on any atom is -0.382 e. The molecule has 10 heteroatoms. The zero-order valence-corrected chi connectivity index (χ0v) is 18.4. The van der Waals surface area contributed by atoms with Crippen LogP contribution in [-0.4, -0.2) is 55.6 Å². The standard InChI is InChI=1S/C22H24F3N5OS/c1-16(32-30-10-8-28(9-11-30)19-5-2-17(23)3-6-19)22(31,13-29-15-26-14-27-29)20-7-4-18(24)12-21(20)25/h2-7,12,14-16,31H,8-11,13H2,1H3/t16-,22-/m1/s1. The number of nitrogens with zero attached hydrogens (tertiary/aromatic N) is 5. The molecule has 0 spiro atoms. The van der Waals surface area contributed by atoms with Crippen LogP contribution >= 0.6 is 11.9 Å². The van der Waals surface area contributed by atoms with Gasteiger partial charge < -0.3 is 10.0 Å². The van der Waals surface area contributed by atoms with Crippen LogP contribution in [0.5, 0.6) is 0 Å². The Kier molecular flexibility index (Phi) is 6.73. The van der Waals surface area contributed by atoms with Gasteiger partial charge in [-0.1, -0.05) is 18.0 Å². The van der Waals surface area contributed by atoms with Crippen molar-refractivity contribution in [1.82, 2.24) is 19.1 Å². The lowest BCUT2D eigenvalue weighted by molar-refractivity contribution is 0.0125. The van der Waals surface area contributed by atoms with Gasteiger partial charge in [-0.05, 0) is 37.3 Å². The van der Waals surface area contributed by atoms with Crippen molar-refractivity contribution in [2.75, 3.05) is 31.1 Å². The first-order valence-electron chi connectivity index (χ1n) is 10.3. The van der Waals surface area contributed by atoms with Crippen LogP contribution in [0.25, 0.3) is 0 Å². The van der Waals surface area contributed by atoms with Gasteiger partial charge in [-0.15, -0.1) is 0 Å². The molecule has 0 amide bonds. The number of hydrogen-bond donors (Lipinski definition) is 1. The van der Waals surface area contributed by atoms with Gasteiger partial charge in [-0.25, -0.2) is 27.1 Å². The van der Waals surface area contributed by atoms with Gasteiger partial charge >= 0.3 is 0 Å². The van der Waals surface area contributed by atoms with E-state index in [4.69, 9.17) is 0 Å². The molecule has 170 valence electrons. The van der Waals surface area contributed by atoms with E-state index in [-0.39, 0.29) is 17.9 Å². The SMILES string of the molecule is C[C@@H](SN1CCN(c2ccc(F)cc2)CC1)[C@](O)(Cn1cncn1)c1ccc(F)cc1F. The van der Waals surface area contributed by atoms with Crippen molar-refractivity contribution in [3.05, 3.63) is 78.1 Å². The number of benzene rings is 2. The summed E-state index contributed by atoms with van der Waals surface area (Å²) in [6, 6.07) is 9.61. The molecule has 0 saturated carbocycles. The van der Waals surface area contributed by atoms with E-state index in [0.29, 0.717) is 13.1 Å². The smallest absolute Gasteiger partial charge is 0.137 e. The Balaban J connectivity index is 1.48. The van der Waals surface area contributed by atoms with Gasteiger partial charge in [0.25, 0.3) is 0 Å². The monoisotopic (exact) mass is 463 g/mol. The normalized spacial score (nSPS) is 17.8. The van der Waals surface area contributed by atoms with Crippen molar-refractivity contribution in [3.8, 4) is 0 Å². The fraction of sp³-hybridized carbons (Fsp3) is 0.364. The van der Waals surface area contributed by atoms with E-state index in [1.165, 1.54) is 47.5 Å². The second-order valence-electron chi connectivity index (χ2n) is 7.78. The van der Waals surface area contributed by atoms with Crippen LogP contribution in [0.15, 0.2) is 55.1 Å². The molecular formula is C22H24F3N5OS. The molecule has 2 aromatic carbocycles. The number of rotatable bonds is 7. The maximum Gasteiger partial charge on any atom is 0.137 e. The second kappa shape index (κ2) is 9.51. The van der Waals surface area contributed by atoms with Gasteiger partial charge in [0, 0.05) is 43.5 Å². The molecule has 1 fully saturated rings. The molecule has 6 nitrogen and oxygen atoms in total. The van der Waals surface area contributed by atoms with Gasteiger partial charge in [0.15, 0.2) is 0 Å². The van der Waals surface area contributed by atoms with Gasteiger partial charge in [0.1, 0.15) is 35.7 Å². The lowest BCUT2D eigenvalue weighted by Crippen LogP contribution is -2.47. The van der Waals surface area contributed by atoms with E-state index < -0.39 is 22.5 Å². The van der Waals surface area contributed by atoms with Crippen LogP contribution in [0, 0.1) is 17.5 Å². The van der Waals surface area contributed by atoms with Crippen molar-refractivity contribution in [1.29, 1.82) is 0 Å². The molecule has 1 aliphatic heterocycles. The maximum absolute atomic E-state index is 14.7. The van der Waals surface area contributed by atoms with Crippen LogP contribution in [0.4, 0.5) is 18.9 Å². The summed E-state index contributed by atoms with van der Waals surface area (Å²) in [5, 5.41) is 15.2. The molecule has 1 aliphatic rings. The van der Waals surface area contributed by atoms with Crippen molar-refractivity contribution < 1.29 is 18.3 Å². The van der Waals surface area contributed by atoms with Crippen molar-refractivity contribution in [2.45, 2.75) is 24.3 Å². The van der Waals surface area contributed by atoms with Crippen LogP contribution in [0.3, 0.4) is 0 Å². The van der Waals surface area contributed by atoms with Gasteiger partial charge in [0.05, 0.1) is 11.8 Å². The zero-order valence-electron chi connectivity index (χ0n) is 17.5. The van der Waals surface area contributed by atoms with E-state index in [9.17, 15) is 18.3 Å². The van der Waals surface area contributed by atoms with E-state index in [2.05, 4.69) is 19.3 Å². The fourth-order valence-electron chi connectivity index (χ4n) is 3.85. The average Bonchev–Trinajstić information content (AvgIpc) is 3.27. The highest BCUT2D eigenvalue weighted by molar-refractivity contribution is 7.97. The molecule has 1 saturated heterocycles. The summed E-state index contributed by atoms with van der Waals surface area (Å²) >= 11 is 1.43. The highest BCUT2D eigenvalue weighted by atomic mass is 32.2. The summed E-state index contributed by atoms with van der Waals surface area (Å²) in [6.07, 6.45) is 2.79. The molecule has 0 bridgehead atoms. The minimum atomic E-state index is -1.65. The molecule has 3 aromatic rings. The lowest BCUT2D eigenvalue weighted by atomic mass is 9.90. The number of halogens is 3. The van der Waals surface area contributed by atoms with E-state index in [0.717, 1.165) is 30.9 Å². The molecular weight excluding hydrogens is 439 g/mol. The first-order valence-corrected chi connectivity index (χ1v) is 11.1. The molecule has 0 radical (unpaired) electrons. The lowest BCUT2D eigenvalue weighted by Gasteiger charge is -2.40. The van der Waals surface area contributed by atoms with E-state index in [1.54, 1.807) is 12.1 Å². The molecule has 0 unspecified atom stereocenters. The van der Waals surface area contributed by atoms with Gasteiger partial charge in [-0.3, -0.25) is 0 Å². The molecule has 2 atom stereocenters. The molecule has 2 heterocycles. The molecule has 1 aromatic heterocycles. The highest BCUT2D eigenvalue weighted by Gasteiger charge is 2.41. The molecule has 4 rings (SSSR count). The zero-order chi connectivity index (χ0) is 22.7. The Morgan fingerprint density at radius 2 is 1.72 bits per heavy atom. The Morgan fingerprint density at radius 3 is 2.34 bits per heavy atom. The first-order chi connectivity index (χ1) is 15.3. The predicted octanol–water partition coefficient (Wildman–Crippen LogP) is 3.44. The summed E-state index contributed by atoms with van der Waals surface area (Å²) in [5.74, 6) is -1.77. The number of piperazine rings is 1. The third-order valence-corrected chi connectivity index (χ3v) is 7.05. The largest absolute Gasteiger partial charge is 0.382 e. The molecule has 1 N–H and O–H groups in total. The van der Waals surface area contributed by atoms with Crippen molar-refractivity contribution >= 4 is 17.6 Å². The van der Waals surface area contributed by atoms with E-state index >= 15 is 0 Å². The summed E-state index contributed by atoms with van der Waals surface area (Å²) < 4.78 is 44.9. The van der Waals surface area contributed by atoms with Gasteiger partial charge in [0.2, 0.25) is 0 Å². The van der Waals surface area contributed by atoms with Crippen LogP contribution in [0.2, 0.25) is 0 Å². The maximum atomic E-state index is 14.7. The predicted molar refractivity (Wildman–Crippen MR) is 118 cm³/mol. The number of hydrogen-bond acceptors (Lipinski definition) is 6.